The largest absolute Gasteiger partial charge is 0.330 e. The van der Waals surface area contributed by atoms with Crippen LogP contribution in [-0.4, -0.2) is 50.7 Å². The van der Waals surface area contributed by atoms with Gasteiger partial charge in [-0.25, -0.2) is 9.67 Å². The Bertz CT molecular complexity index is 865. The molecule has 0 saturated carbocycles. The fourth-order valence-electron chi connectivity index (χ4n) is 3.40. The van der Waals surface area contributed by atoms with Crippen molar-refractivity contribution in [2.45, 2.75) is 25.9 Å². The lowest BCUT2D eigenvalue weighted by molar-refractivity contribution is 0.0590. The van der Waals surface area contributed by atoms with Crippen LogP contribution < -0.4 is 5.32 Å². The molecular weight excluding hydrogens is 338 g/mol. The monoisotopic (exact) mass is 361 g/mol. The van der Waals surface area contributed by atoms with Gasteiger partial charge in [-0.1, -0.05) is 48.5 Å². The highest BCUT2D eigenvalue weighted by Gasteiger charge is 2.31. The van der Waals surface area contributed by atoms with Crippen molar-refractivity contribution in [1.82, 2.24) is 25.0 Å². The summed E-state index contributed by atoms with van der Waals surface area (Å²) in [5.74, 6) is 0.780. The van der Waals surface area contributed by atoms with E-state index in [9.17, 15) is 4.79 Å². The van der Waals surface area contributed by atoms with Gasteiger partial charge < -0.3 is 10.2 Å². The van der Waals surface area contributed by atoms with E-state index in [1.165, 1.54) is 0 Å². The predicted molar refractivity (Wildman–Crippen MR) is 105 cm³/mol. The Hall–Kier alpha value is -2.99. The SMILES string of the molecule is CC1NCCN(C(=O)c2nc(-c3ccccc3)n(-c3ccccc3)n2)C1C. The van der Waals surface area contributed by atoms with Gasteiger partial charge in [0.2, 0.25) is 5.82 Å². The highest BCUT2D eigenvalue weighted by Crippen LogP contribution is 2.22. The van der Waals surface area contributed by atoms with E-state index in [1.807, 2.05) is 65.6 Å². The zero-order chi connectivity index (χ0) is 18.8. The minimum atomic E-state index is -0.122. The number of aromatic nitrogens is 3. The molecule has 1 aliphatic heterocycles. The van der Waals surface area contributed by atoms with Crippen molar-refractivity contribution in [2.24, 2.45) is 0 Å². The zero-order valence-electron chi connectivity index (χ0n) is 15.5. The van der Waals surface area contributed by atoms with Crippen LogP contribution in [0.4, 0.5) is 0 Å². The van der Waals surface area contributed by atoms with Gasteiger partial charge in [0, 0.05) is 30.7 Å². The van der Waals surface area contributed by atoms with E-state index >= 15 is 0 Å². The van der Waals surface area contributed by atoms with E-state index in [0.29, 0.717) is 12.4 Å². The first-order chi connectivity index (χ1) is 13.1. The van der Waals surface area contributed by atoms with Gasteiger partial charge in [0.25, 0.3) is 5.91 Å². The topological polar surface area (TPSA) is 63.1 Å². The van der Waals surface area contributed by atoms with Gasteiger partial charge in [0.1, 0.15) is 0 Å². The molecule has 2 atom stereocenters. The first kappa shape index (κ1) is 17.4. The summed E-state index contributed by atoms with van der Waals surface area (Å²) in [6, 6.07) is 20.0. The maximum absolute atomic E-state index is 13.1. The van der Waals surface area contributed by atoms with Crippen LogP contribution in [0, 0.1) is 0 Å². The number of nitrogens with zero attached hydrogens (tertiary/aromatic N) is 4. The summed E-state index contributed by atoms with van der Waals surface area (Å²) in [7, 11) is 0. The Balaban J connectivity index is 1.76. The molecule has 0 radical (unpaired) electrons. The van der Waals surface area contributed by atoms with Crippen LogP contribution in [0.25, 0.3) is 17.1 Å². The number of hydrogen-bond acceptors (Lipinski definition) is 4. The van der Waals surface area contributed by atoms with Crippen molar-refractivity contribution < 1.29 is 4.79 Å². The highest BCUT2D eigenvalue weighted by molar-refractivity contribution is 5.91. The Morgan fingerprint density at radius 1 is 1.04 bits per heavy atom. The zero-order valence-corrected chi connectivity index (χ0v) is 15.5. The van der Waals surface area contributed by atoms with Crippen molar-refractivity contribution >= 4 is 5.91 Å². The summed E-state index contributed by atoms with van der Waals surface area (Å²) in [6.07, 6.45) is 0. The number of rotatable bonds is 3. The Labute approximate surface area is 158 Å². The molecule has 0 spiro atoms. The maximum atomic E-state index is 13.1. The molecule has 1 aliphatic rings. The average Bonchev–Trinajstić information content (AvgIpc) is 3.16. The summed E-state index contributed by atoms with van der Waals surface area (Å²) >= 11 is 0. The first-order valence-electron chi connectivity index (χ1n) is 9.27. The lowest BCUT2D eigenvalue weighted by Crippen LogP contribution is -2.57. The van der Waals surface area contributed by atoms with Crippen molar-refractivity contribution in [1.29, 1.82) is 0 Å². The van der Waals surface area contributed by atoms with Gasteiger partial charge in [0.05, 0.1) is 5.69 Å². The van der Waals surface area contributed by atoms with Crippen LogP contribution in [0.3, 0.4) is 0 Å². The molecule has 2 unspecified atom stereocenters. The predicted octanol–water partition coefficient (Wildman–Crippen LogP) is 2.76. The molecular formula is C21H23N5O. The summed E-state index contributed by atoms with van der Waals surface area (Å²) in [5, 5.41) is 7.98. The molecule has 1 saturated heterocycles. The van der Waals surface area contributed by atoms with Crippen LogP contribution in [0.15, 0.2) is 60.7 Å². The van der Waals surface area contributed by atoms with E-state index < -0.39 is 0 Å². The number of piperazine rings is 1. The normalized spacial score (nSPS) is 19.9. The molecule has 0 bridgehead atoms. The average molecular weight is 361 g/mol. The third-order valence-electron chi connectivity index (χ3n) is 5.13. The summed E-state index contributed by atoms with van der Waals surface area (Å²) < 4.78 is 1.75. The lowest BCUT2D eigenvalue weighted by atomic mass is 10.1. The fraction of sp³-hybridized carbons (Fsp3) is 0.286. The van der Waals surface area contributed by atoms with Crippen molar-refractivity contribution in [3.8, 4) is 17.1 Å². The molecule has 6 heteroatoms. The highest BCUT2D eigenvalue weighted by atomic mass is 16.2. The van der Waals surface area contributed by atoms with Crippen LogP contribution in [0.1, 0.15) is 24.5 Å². The fourth-order valence-corrected chi connectivity index (χ4v) is 3.40. The minimum Gasteiger partial charge on any atom is -0.330 e. The Morgan fingerprint density at radius 3 is 2.41 bits per heavy atom. The van der Waals surface area contributed by atoms with E-state index in [1.54, 1.807) is 4.68 Å². The van der Waals surface area contributed by atoms with E-state index in [0.717, 1.165) is 17.8 Å². The van der Waals surface area contributed by atoms with Gasteiger partial charge in [-0.05, 0) is 26.0 Å². The smallest absolute Gasteiger partial charge is 0.293 e. The van der Waals surface area contributed by atoms with Crippen LogP contribution in [-0.2, 0) is 0 Å². The molecule has 3 aromatic rings. The molecule has 138 valence electrons. The molecule has 4 rings (SSSR count). The van der Waals surface area contributed by atoms with Crippen LogP contribution >= 0.6 is 0 Å². The number of nitrogens with one attached hydrogen (secondary N) is 1. The molecule has 2 heterocycles. The van der Waals surface area contributed by atoms with E-state index in [4.69, 9.17) is 0 Å². The quantitative estimate of drug-likeness (QED) is 0.779. The number of amides is 1. The molecule has 27 heavy (non-hydrogen) atoms. The van der Waals surface area contributed by atoms with Crippen LogP contribution in [0.5, 0.6) is 0 Å². The third kappa shape index (κ3) is 3.36. The van der Waals surface area contributed by atoms with Gasteiger partial charge in [-0.15, -0.1) is 5.10 Å². The second-order valence-corrected chi connectivity index (χ2v) is 6.85. The molecule has 6 nitrogen and oxygen atoms in total. The van der Waals surface area contributed by atoms with Gasteiger partial charge in [-0.3, -0.25) is 4.79 Å². The number of hydrogen-bond donors (Lipinski definition) is 1. The second kappa shape index (κ2) is 7.32. The molecule has 1 aromatic heterocycles. The molecule has 1 N–H and O–H groups in total. The minimum absolute atomic E-state index is 0.0927. The lowest BCUT2D eigenvalue weighted by Gasteiger charge is -2.37. The van der Waals surface area contributed by atoms with Crippen molar-refractivity contribution in [3.05, 3.63) is 66.5 Å². The first-order valence-corrected chi connectivity index (χ1v) is 9.27. The maximum Gasteiger partial charge on any atom is 0.293 e. The molecule has 1 fully saturated rings. The summed E-state index contributed by atoms with van der Waals surface area (Å²) in [4.78, 5) is 19.6. The Morgan fingerprint density at radius 2 is 1.70 bits per heavy atom. The van der Waals surface area contributed by atoms with Gasteiger partial charge >= 0.3 is 0 Å². The Kier molecular flexibility index (Phi) is 4.73. The van der Waals surface area contributed by atoms with Gasteiger partial charge in [-0.2, -0.15) is 0 Å². The number of carbonyl (C=O) groups excluding carboxylic acids is 1. The second-order valence-electron chi connectivity index (χ2n) is 6.85. The standard InChI is InChI=1S/C21H23N5O/c1-15-16(2)25(14-13-22-15)21(27)19-23-20(17-9-5-3-6-10-17)26(24-19)18-11-7-4-8-12-18/h3-12,15-16,22H,13-14H2,1-2H3. The molecule has 0 aliphatic carbocycles. The van der Waals surface area contributed by atoms with Crippen LogP contribution in [0.2, 0.25) is 0 Å². The molecule has 1 amide bonds. The van der Waals surface area contributed by atoms with E-state index in [2.05, 4.69) is 29.2 Å². The summed E-state index contributed by atoms with van der Waals surface area (Å²) in [6.45, 7) is 5.59. The number of carbonyl (C=O) groups is 1. The molecule has 2 aromatic carbocycles. The van der Waals surface area contributed by atoms with Crippen molar-refractivity contribution in [3.63, 3.8) is 0 Å². The summed E-state index contributed by atoms with van der Waals surface area (Å²) in [5.41, 5.74) is 1.80. The number of benzene rings is 2. The third-order valence-corrected chi connectivity index (χ3v) is 5.13. The van der Waals surface area contributed by atoms with Gasteiger partial charge in [0.15, 0.2) is 5.82 Å². The van der Waals surface area contributed by atoms with E-state index in [-0.39, 0.29) is 23.8 Å². The van der Waals surface area contributed by atoms with Crippen molar-refractivity contribution in [2.75, 3.05) is 13.1 Å². The number of para-hydroxylation sites is 1.